The van der Waals surface area contributed by atoms with Crippen LogP contribution in [0.3, 0.4) is 0 Å². The van der Waals surface area contributed by atoms with Gasteiger partial charge in [-0.25, -0.2) is 14.3 Å². The van der Waals surface area contributed by atoms with Crippen LogP contribution in [-0.2, 0) is 20.8 Å². The molecule has 0 unspecified atom stereocenters. The van der Waals surface area contributed by atoms with E-state index in [2.05, 4.69) is 4.98 Å². The molecule has 14 heteroatoms. The topological polar surface area (TPSA) is 198 Å². The fourth-order valence-corrected chi connectivity index (χ4v) is 4.28. The number of carboxylic acid groups (broad SMARTS) is 1. The van der Waals surface area contributed by atoms with E-state index < -0.39 is 47.6 Å². The Morgan fingerprint density at radius 2 is 1.97 bits per heavy atom. The van der Waals surface area contributed by atoms with E-state index in [1.165, 1.54) is 4.57 Å². The number of carbonyl (C=O) groups is 1. The Morgan fingerprint density at radius 3 is 2.55 bits per heavy atom. The molecule has 174 valence electrons. The van der Waals surface area contributed by atoms with Crippen molar-refractivity contribution in [1.82, 2.24) is 9.55 Å². The van der Waals surface area contributed by atoms with Gasteiger partial charge in [-0.2, -0.15) is 0 Å². The SMILES string of the molecule is Cc1ncc([N+](=O)[O-])n1C[C@H](O)C[N+]1([C@@H]2O[C@H](C(=O)O)[C@@H](O)[C@H](O)[C@H]2O)CCOCC1. The van der Waals surface area contributed by atoms with Gasteiger partial charge >= 0.3 is 11.8 Å². The maximum atomic E-state index is 11.5. The van der Waals surface area contributed by atoms with Gasteiger partial charge in [-0.1, -0.05) is 0 Å². The number of aliphatic hydroxyl groups is 4. The number of aromatic nitrogens is 2. The van der Waals surface area contributed by atoms with Crippen LogP contribution < -0.4 is 0 Å². The Kier molecular flexibility index (Phi) is 6.90. The lowest BCUT2D eigenvalue weighted by Gasteiger charge is -2.51. The quantitative estimate of drug-likeness (QED) is 0.164. The molecule has 6 atom stereocenters. The molecule has 2 fully saturated rings. The molecule has 2 saturated heterocycles. The summed E-state index contributed by atoms with van der Waals surface area (Å²) < 4.78 is 12.0. The average molecular weight is 447 g/mol. The molecular weight excluding hydrogens is 420 g/mol. The van der Waals surface area contributed by atoms with Crippen LogP contribution in [0.1, 0.15) is 5.82 Å². The molecule has 0 aromatic carbocycles. The second kappa shape index (κ2) is 9.12. The number of aliphatic carboxylic acids is 1. The highest BCUT2D eigenvalue weighted by Crippen LogP contribution is 2.31. The summed E-state index contributed by atoms with van der Waals surface area (Å²) >= 11 is 0. The van der Waals surface area contributed by atoms with Crippen molar-refractivity contribution in [2.24, 2.45) is 0 Å². The van der Waals surface area contributed by atoms with E-state index in [0.29, 0.717) is 5.82 Å². The molecule has 1 aromatic heterocycles. The molecule has 2 aliphatic rings. The predicted octanol–water partition coefficient (Wildman–Crippen LogP) is -2.80. The second-order valence-corrected chi connectivity index (χ2v) is 7.90. The number of nitro groups is 1. The minimum atomic E-state index is -1.83. The summed E-state index contributed by atoms with van der Waals surface area (Å²) in [6.45, 7) is 2.20. The van der Waals surface area contributed by atoms with Crippen LogP contribution in [0.4, 0.5) is 5.82 Å². The van der Waals surface area contributed by atoms with Crippen molar-refractivity contribution in [2.45, 2.75) is 50.2 Å². The van der Waals surface area contributed by atoms with Crippen LogP contribution in [0, 0.1) is 17.0 Å². The summed E-state index contributed by atoms with van der Waals surface area (Å²) in [4.78, 5) is 26.0. The highest BCUT2D eigenvalue weighted by molar-refractivity contribution is 5.73. The Labute approximate surface area is 176 Å². The van der Waals surface area contributed by atoms with Gasteiger partial charge in [-0.05, 0) is 4.92 Å². The number of hydrogen-bond donors (Lipinski definition) is 5. The van der Waals surface area contributed by atoms with E-state index >= 15 is 0 Å². The Bertz CT molecular complexity index is 811. The van der Waals surface area contributed by atoms with Crippen LogP contribution in [-0.4, -0.2) is 120 Å². The molecule has 3 rings (SSSR count). The lowest BCUT2D eigenvalue weighted by Crippen LogP contribution is -2.73. The summed E-state index contributed by atoms with van der Waals surface area (Å²) in [6, 6.07) is 0. The monoisotopic (exact) mass is 447 g/mol. The van der Waals surface area contributed by atoms with E-state index in [1.54, 1.807) is 6.92 Å². The van der Waals surface area contributed by atoms with Gasteiger partial charge in [0.05, 0.1) is 13.2 Å². The minimum Gasteiger partial charge on any atom is -0.479 e. The average Bonchev–Trinajstić information content (AvgIpc) is 3.07. The molecule has 0 radical (unpaired) electrons. The van der Waals surface area contributed by atoms with Gasteiger partial charge in [0.2, 0.25) is 6.23 Å². The summed E-state index contributed by atoms with van der Waals surface area (Å²) in [6.07, 6.45) is -8.33. The molecule has 5 N–H and O–H groups in total. The van der Waals surface area contributed by atoms with Gasteiger partial charge < -0.3 is 45.1 Å². The lowest BCUT2D eigenvalue weighted by molar-refractivity contribution is -0.986. The predicted molar refractivity (Wildman–Crippen MR) is 99.6 cm³/mol. The summed E-state index contributed by atoms with van der Waals surface area (Å²) in [5, 5.41) is 62.1. The van der Waals surface area contributed by atoms with Gasteiger partial charge in [0, 0.05) is 6.92 Å². The molecule has 2 aliphatic heterocycles. The molecule has 0 amide bonds. The van der Waals surface area contributed by atoms with E-state index in [-0.39, 0.29) is 49.7 Å². The normalized spacial score (nSPS) is 31.8. The number of carboxylic acids is 1. The first-order valence-electron chi connectivity index (χ1n) is 9.78. The molecule has 3 heterocycles. The van der Waals surface area contributed by atoms with Crippen molar-refractivity contribution >= 4 is 11.8 Å². The van der Waals surface area contributed by atoms with Crippen LogP contribution in [0.25, 0.3) is 0 Å². The van der Waals surface area contributed by atoms with Crippen molar-refractivity contribution < 1.29 is 49.2 Å². The maximum Gasteiger partial charge on any atom is 0.342 e. The number of quaternary nitrogens is 1. The van der Waals surface area contributed by atoms with E-state index in [4.69, 9.17) is 9.47 Å². The van der Waals surface area contributed by atoms with Crippen LogP contribution in [0.15, 0.2) is 6.20 Å². The van der Waals surface area contributed by atoms with Gasteiger partial charge in [0.1, 0.15) is 50.7 Å². The molecule has 31 heavy (non-hydrogen) atoms. The summed E-state index contributed by atoms with van der Waals surface area (Å²) in [5.41, 5.74) is 0. The molecular formula is C17H27N4O10+. The largest absolute Gasteiger partial charge is 0.479 e. The highest BCUT2D eigenvalue weighted by Gasteiger charge is 2.56. The van der Waals surface area contributed by atoms with Crippen LogP contribution in [0.2, 0.25) is 0 Å². The number of aryl methyl sites for hydroxylation is 1. The minimum absolute atomic E-state index is 0.0744. The molecule has 14 nitrogen and oxygen atoms in total. The zero-order chi connectivity index (χ0) is 22.9. The smallest absolute Gasteiger partial charge is 0.342 e. The highest BCUT2D eigenvalue weighted by atomic mass is 16.6. The van der Waals surface area contributed by atoms with Crippen LogP contribution >= 0.6 is 0 Å². The molecule has 0 bridgehead atoms. The van der Waals surface area contributed by atoms with Crippen molar-refractivity contribution in [3.63, 3.8) is 0 Å². The zero-order valence-electron chi connectivity index (χ0n) is 16.9. The first kappa shape index (κ1) is 23.5. The summed E-state index contributed by atoms with van der Waals surface area (Å²) in [5.74, 6) is -1.46. The second-order valence-electron chi connectivity index (χ2n) is 7.90. The van der Waals surface area contributed by atoms with Crippen molar-refractivity contribution in [3.8, 4) is 0 Å². The van der Waals surface area contributed by atoms with Crippen molar-refractivity contribution in [1.29, 1.82) is 0 Å². The van der Waals surface area contributed by atoms with Crippen molar-refractivity contribution in [2.75, 3.05) is 32.8 Å². The van der Waals surface area contributed by atoms with Gasteiger partial charge in [0.15, 0.2) is 18.0 Å². The Hall–Kier alpha value is -2.20. The third-order valence-corrected chi connectivity index (χ3v) is 5.92. The summed E-state index contributed by atoms with van der Waals surface area (Å²) in [7, 11) is 0. The van der Waals surface area contributed by atoms with Crippen LogP contribution in [0.5, 0.6) is 0 Å². The van der Waals surface area contributed by atoms with E-state index in [9.17, 15) is 40.4 Å². The molecule has 1 aromatic rings. The third-order valence-electron chi connectivity index (χ3n) is 5.92. The Balaban J connectivity index is 1.86. The standard InChI is InChI=1S/C17H26N4O10/c1-9-18-6-11(20(28)29)19(9)7-10(22)8-21(2-4-30-5-3-21)16-14(25)12(23)13(24)15(31-16)17(26)27/h6,10,12-16,22-25H,2-5,7-8H2,1H3/p+1/t10-,12-,13-,14+,15-,16+/m0/s1. The third kappa shape index (κ3) is 4.55. The maximum absolute atomic E-state index is 11.5. The van der Waals surface area contributed by atoms with Gasteiger partial charge in [-0.15, -0.1) is 0 Å². The van der Waals surface area contributed by atoms with Crippen molar-refractivity contribution in [3.05, 3.63) is 22.1 Å². The Morgan fingerprint density at radius 1 is 1.32 bits per heavy atom. The number of rotatable bonds is 7. The van der Waals surface area contributed by atoms with E-state index in [0.717, 1.165) is 6.20 Å². The first-order chi connectivity index (χ1) is 14.6. The number of imidazole rings is 1. The zero-order valence-corrected chi connectivity index (χ0v) is 16.9. The fraction of sp³-hybridized carbons (Fsp3) is 0.765. The number of morpholine rings is 1. The number of aliphatic hydroxyl groups excluding tert-OH is 4. The van der Waals surface area contributed by atoms with E-state index in [1.807, 2.05) is 0 Å². The van der Waals surface area contributed by atoms with Gasteiger partial charge in [-0.3, -0.25) is 4.48 Å². The number of ether oxygens (including phenoxy) is 2. The fourth-order valence-electron chi connectivity index (χ4n) is 4.28. The molecule has 0 saturated carbocycles. The van der Waals surface area contributed by atoms with Gasteiger partial charge in [0.25, 0.3) is 0 Å². The number of hydrogen-bond acceptors (Lipinski definition) is 10. The molecule has 0 spiro atoms. The lowest BCUT2D eigenvalue weighted by atomic mass is 9.95. The first-order valence-corrected chi connectivity index (χ1v) is 9.78. The molecule has 0 aliphatic carbocycles. The number of nitrogens with zero attached hydrogens (tertiary/aromatic N) is 4.